The number of aromatic nitrogens is 2. The summed E-state index contributed by atoms with van der Waals surface area (Å²) in [7, 11) is 1.23. The van der Waals surface area contributed by atoms with E-state index in [4.69, 9.17) is 0 Å². The zero-order chi connectivity index (χ0) is 10.8. The number of carbonyl (C=O) groups is 1. The van der Waals surface area contributed by atoms with Gasteiger partial charge in [0, 0.05) is 0 Å². The molecule has 0 saturated carbocycles. The molecule has 15 heavy (non-hydrogen) atoms. The molecule has 0 amide bonds. The van der Waals surface area contributed by atoms with Crippen LogP contribution >= 0.6 is 11.5 Å². The summed E-state index contributed by atoms with van der Waals surface area (Å²) in [6.07, 6.45) is -1.26. The molecule has 78 valence electrons. The van der Waals surface area contributed by atoms with Crippen molar-refractivity contribution in [1.29, 1.82) is 0 Å². The van der Waals surface area contributed by atoms with Crippen molar-refractivity contribution in [3.05, 3.63) is 23.8 Å². The quantitative estimate of drug-likeness (QED) is 0.767. The van der Waals surface area contributed by atoms with Gasteiger partial charge in [0.15, 0.2) is 6.10 Å². The van der Waals surface area contributed by atoms with Crippen LogP contribution in [-0.4, -0.2) is 27.8 Å². The lowest BCUT2D eigenvalue weighted by molar-refractivity contribution is -0.150. The van der Waals surface area contributed by atoms with E-state index in [0.29, 0.717) is 11.1 Å². The van der Waals surface area contributed by atoms with E-state index in [1.54, 1.807) is 18.2 Å². The highest BCUT2D eigenvalue weighted by Crippen LogP contribution is 2.21. The van der Waals surface area contributed by atoms with Crippen molar-refractivity contribution >= 4 is 27.7 Å². The smallest absolute Gasteiger partial charge is 0.339 e. The van der Waals surface area contributed by atoms with E-state index >= 15 is 0 Å². The molecule has 1 heterocycles. The lowest BCUT2D eigenvalue weighted by Crippen LogP contribution is -2.13. The van der Waals surface area contributed by atoms with E-state index in [1.807, 2.05) is 0 Å². The lowest BCUT2D eigenvalue weighted by atomic mass is 10.1. The van der Waals surface area contributed by atoms with E-state index < -0.39 is 12.1 Å². The number of carbonyl (C=O) groups excluding carboxylic acids is 1. The Morgan fingerprint density at radius 3 is 3.13 bits per heavy atom. The minimum atomic E-state index is -1.26. The van der Waals surface area contributed by atoms with Crippen molar-refractivity contribution in [2.24, 2.45) is 0 Å². The Morgan fingerprint density at radius 2 is 2.40 bits per heavy atom. The first-order valence-electron chi connectivity index (χ1n) is 4.20. The van der Waals surface area contributed by atoms with Crippen LogP contribution in [0.4, 0.5) is 0 Å². The average molecular weight is 224 g/mol. The first kappa shape index (κ1) is 10.0. The van der Waals surface area contributed by atoms with Crippen LogP contribution in [0, 0.1) is 0 Å². The maximum absolute atomic E-state index is 11.1. The minimum Gasteiger partial charge on any atom is -0.467 e. The van der Waals surface area contributed by atoms with Crippen LogP contribution in [0.5, 0.6) is 0 Å². The molecule has 6 heteroatoms. The zero-order valence-electron chi connectivity index (χ0n) is 7.88. The fourth-order valence-electron chi connectivity index (χ4n) is 1.22. The third kappa shape index (κ3) is 1.81. The number of aliphatic hydroxyl groups excluding tert-OH is 1. The fraction of sp³-hybridized carbons (Fsp3) is 0.222. The van der Waals surface area contributed by atoms with Crippen LogP contribution in [0.2, 0.25) is 0 Å². The number of hydrogen-bond donors (Lipinski definition) is 1. The molecule has 0 radical (unpaired) electrons. The maximum Gasteiger partial charge on any atom is 0.339 e. The molecule has 1 unspecified atom stereocenters. The van der Waals surface area contributed by atoms with Crippen LogP contribution in [-0.2, 0) is 9.53 Å². The normalized spacial score (nSPS) is 12.7. The molecule has 0 aliphatic rings. The summed E-state index contributed by atoms with van der Waals surface area (Å²) in [5.74, 6) is -0.683. The molecular formula is C9H8N2O3S. The van der Waals surface area contributed by atoms with E-state index in [9.17, 15) is 9.90 Å². The van der Waals surface area contributed by atoms with Crippen LogP contribution in [0.15, 0.2) is 18.2 Å². The van der Waals surface area contributed by atoms with Crippen LogP contribution in [0.3, 0.4) is 0 Å². The summed E-state index contributed by atoms with van der Waals surface area (Å²) < 4.78 is 9.11. The van der Waals surface area contributed by atoms with Crippen molar-refractivity contribution in [1.82, 2.24) is 9.59 Å². The molecule has 0 bridgehead atoms. The Balaban J connectivity index is 2.39. The molecule has 1 N–H and O–H groups in total. The number of esters is 1. The largest absolute Gasteiger partial charge is 0.467 e. The molecule has 1 aromatic carbocycles. The van der Waals surface area contributed by atoms with Gasteiger partial charge in [-0.15, -0.1) is 5.10 Å². The molecule has 0 saturated heterocycles. The maximum atomic E-state index is 11.1. The van der Waals surface area contributed by atoms with Crippen LogP contribution in [0.1, 0.15) is 11.7 Å². The molecule has 0 aliphatic carbocycles. The predicted molar refractivity (Wildman–Crippen MR) is 54.4 cm³/mol. The Hall–Kier alpha value is -1.53. The SMILES string of the molecule is COC(=O)C(O)c1ccc2snnc2c1. The topological polar surface area (TPSA) is 72.3 Å². The summed E-state index contributed by atoms with van der Waals surface area (Å²) >= 11 is 1.26. The summed E-state index contributed by atoms with van der Waals surface area (Å²) in [4.78, 5) is 11.1. The lowest BCUT2D eigenvalue weighted by Gasteiger charge is -2.07. The summed E-state index contributed by atoms with van der Waals surface area (Å²) in [6.45, 7) is 0. The van der Waals surface area contributed by atoms with E-state index in [1.165, 1.54) is 18.6 Å². The molecule has 1 atom stereocenters. The van der Waals surface area contributed by atoms with Gasteiger partial charge in [-0.1, -0.05) is 10.6 Å². The second-order valence-corrected chi connectivity index (χ2v) is 3.71. The summed E-state index contributed by atoms with van der Waals surface area (Å²) in [6, 6.07) is 5.05. The highest BCUT2D eigenvalue weighted by Gasteiger charge is 2.18. The number of methoxy groups -OCH3 is 1. The number of aliphatic hydroxyl groups is 1. The number of rotatable bonds is 2. The van der Waals surface area contributed by atoms with Crippen molar-refractivity contribution in [3.8, 4) is 0 Å². The van der Waals surface area contributed by atoms with Crippen molar-refractivity contribution in [3.63, 3.8) is 0 Å². The molecule has 0 spiro atoms. The Bertz CT molecular complexity index is 497. The van der Waals surface area contributed by atoms with Gasteiger partial charge in [0.2, 0.25) is 0 Å². The first-order chi connectivity index (χ1) is 7.22. The predicted octanol–water partition coefficient (Wildman–Crippen LogP) is 0.898. The number of ether oxygens (including phenoxy) is 1. The number of nitrogens with zero attached hydrogens (tertiary/aromatic N) is 2. The van der Waals surface area contributed by atoms with Gasteiger partial charge in [-0.2, -0.15) is 0 Å². The Labute approximate surface area is 89.5 Å². The molecule has 5 nitrogen and oxygen atoms in total. The monoisotopic (exact) mass is 224 g/mol. The molecule has 2 aromatic rings. The highest BCUT2D eigenvalue weighted by atomic mass is 32.1. The van der Waals surface area contributed by atoms with Crippen molar-refractivity contribution < 1.29 is 14.6 Å². The van der Waals surface area contributed by atoms with E-state index in [-0.39, 0.29) is 0 Å². The van der Waals surface area contributed by atoms with Gasteiger partial charge < -0.3 is 9.84 Å². The van der Waals surface area contributed by atoms with Crippen molar-refractivity contribution in [2.75, 3.05) is 7.11 Å². The zero-order valence-corrected chi connectivity index (χ0v) is 8.69. The second kappa shape index (κ2) is 3.92. The van der Waals surface area contributed by atoms with Gasteiger partial charge >= 0.3 is 5.97 Å². The average Bonchev–Trinajstić information content (AvgIpc) is 2.73. The van der Waals surface area contributed by atoms with Gasteiger partial charge in [0.25, 0.3) is 0 Å². The third-order valence-corrected chi connectivity index (χ3v) is 2.72. The molecular weight excluding hydrogens is 216 g/mol. The van der Waals surface area contributed by atoms with Gasteiger partial charge in [-0.25, -0.2) is 4.79 Å². The molecule has 0 fully saturated rings. The minimum absolute atomic E-state index is 0.460. The van der Waals surface area contributed by atoms with E-state index in [2.05, 4.69) is 14.3 Å². The summed E-state index contributed by atoms with van der Waals surface area (Å²) in [5, 5.41) is 13.4. The standard InChI is InChI=1S/C9H8N2O3S/c1-14-9(13)8(12)5-2-3-7-6(4-5)10-11-15-7/h2-4,8,12H,1H3. The van der Waals surface area contributed by atoms with Crippen LogP contribution < -0.4 is 0 Å². The number of hydrogen-bond acceptors (Lipinski definition) is 6. The Kier molecular flexibility index (Phi) is 2.61. The fourth-order valence-corrected chi connectivity index (χ4v) is 1.75. The van der Waals surface area contributed by atoms with Gasteiger partial charge in [0.05, 0.1) is 11.8 Å². The second-order valence-electron chi connectivity index (χ2n) is 2.93. The first-order valence-corrected chi connectivity index (χ1v) is 4.97. The number of benzene rings is 1. The summed E-state index contributed by atoms with van der Waals surface area (Å²) in [5.41, 5.74) is 1.13. The Morgan fingerprint density at radius 1 is 1.60 bits per heavy atom. The van der Waals surface area contributed by atoms with Gasteiger partial charge in [-0.3, -0.25) is 0 Å². The van der Waals surface area contributed by atoms with E-state index in [0.717, 1.165) is 4.70 Å². The molecule has 0 aliphatic heterocycles. The van der Waals surface area contributed by atoms with Gasteiger partial charge in [0.1, 0.15) is 5.52 Å². The molecule has 1 aromatic heterocycles. The highest BCUT2D eigenvalue weighted by molar-refractivity contribution is 7.12. The van der Waals surface area contributed by atoms with Crippen molar-refractivity contribution in [2.45, 2.75) is 6.10 Å². The van der Waals surface area contributed by atoms with Crippen LogP contribution in [0.25, 0.3) is 10.2 Å². The molecule has 2 rings (SSSR count). The third-order valence-electron chi connectivity index (χ3n) is 2.01. The van der Waals surface area contributed by atoms with Gasteiger partial charge in [-0.05, 0) is 29.2 Å². The number of fused-ring (bicyclic) bond motifs is 1.